The smallest absolute Gasteiger partial charge is 0.490 e. The molecule has 1 unspecified atom stereocenters. The number of carbonyl (C=O) groups excluding carboxylic acids is 2. The highest BCUT2D eigenvalue weighted by molar-refractivity contribution is 6.04. The van der Waals surface area contributed by atoms with Crippen LogP contribution in [0, 0.1) is 0 Å². The van der Waals surface area contributed by atoms with Crippen molar-refractivity contribution in [3.05, 3.63) is 64.7 Å². The fourth-order valence-corrected chi connectivity index (χ4v) is 4.53. The summed E-state index contributed by atoms with van der Waals surface area (Å²) in [5, 5.41) is 10.4. The average molecular weight is 536 g/mol. The van der Waals surface area contributed by atoms with Crippen LogP contribution < -0.4 is 10.1 Å². The third-order valence-corrected chi connectivity index (χ3v) is 6.72. The Hall–Kier alpha value is -3.24. The van der Waals surface area contributed by atoms with Gasteiger partial charge in [-0.3, -0.25) is 9.59 Å². The van der Waals surface area contributed by atoms with Crippen LogP contribution in [0.15, 0.2) is 42.5 Å². The summed E-state index contributed by atoms with van der Waals surface area (Å²) >= 11 is 0. The Labute approximate surface area is 219 Å². The molecule has 0 aliphatic carbocycles. The summed E-state index contributed by atoms with van der Waals surface area (Å²) in [6, 6.07) is 13.8. The van der Waals surface area contributed by atoms with Crippen molar-refractivity contribution < 1.29 is 42.1 Å². The van der Waals surface area contributed by atoms with E-state index in [0.717, 1.165) is 43.7 Å². The first-order chi connectivity index (χ1) is 18.0. The number of nitrogens with one attached hydrogen (secondary N) is 1. The van der Waals surface area contributed by atoms with Crippen LogP contribution in [0.2, 0.25) is 0 Å². The Morgan fingerprint density at radius 1 is 1.13 bits per heavy atom. The van der Waals surface area contributed by atoms with E-state index in [0.29, 0.717) is 36.3 Å². The third-order valence-electron chi connectivity index (χ3n) is 6.72. The molecule has 2 heterocycles. The van der Waals surface area contributed by atoms with Crippen LogP contribution >= 0.6 is 0 Å². The van der Waals surface area contributed by atoms with Crippen LogP contribution in [-0.4, -0.2) is 61.2 Å². The fourth-order valence-electron chi connectivity index (χ4n) is 4.53. The molecule has 1 fully saturated rings. The molecule has 0 aromatic heterocycles. The number of Topliss-reactive ketones (excluding diaryl/α,β-unsaturated/α-hetero) is 2. The van der Waals surface area contributed by atoms with Gasteiger partial charge in [0.25, 0.3) is 0 Å². The van der Waals surface area contributed by atoms with Crippen LogP contribution in [-0.2, 0) is 14.9 Å². The molecule has 4 rings (SSSR count). The zero-order chi connectivity index (χ0) is 27.9. The van der Waals surface area contributed by atoms with Gasteiger partial charge in [0.2, 0.25) is 0 Å². The van der Waals surface area contributed by atoms with E-state index in [1.165, 1.54) is 0 Å². The van der Waals surface area contributed by atoms with E-state index in [9.17, 15) is 22.8 Å². The molecule has 0 saturated carbocycles. The number of rotatable bonds is 8. The Morgan fingerprint density at radius 2 is 1.82 bits per heavy atom. The van der Waals surface area contributed by atoms with Gasteiger partial charge in [-0.25, -0.2) is 4.79 Å². The SMILES string of the molecule is CCC(=O)c1cc(C(=O)CCC[C@H]2CNCCO2)cc2c1OCC2(C)c1ccccc1.O=C(O)C(F)(F)F. The van der Waals surface area contributed by atoms with Crippen LogP contribution in [0.3, 0.4) is 0 Å². The molecule has 38 heavy (non-hydrogen) atoms. The molecule has 2 aliphatic heterocycles. The van der Waals surface area contributed by atoms with Crippen molar-refractivity contribution in [1.82, 2.24) is 5.32 Å². The number of carboxylic acids is 1. The van der Waals surface area contributed by atoms with Gasteiger partial charge >= 0.3 is 12.1 Å². The predicted octanol–water partition coefficient (Wildman–Crippen LogP) is 4.95. The molecule has 10 heteroatoms. The highest BCUT2D eigenvalue weighted by Gasteiger charge is 2.41. The van der Waals surface area contributed by atoms with Crippen LogP contribution in [0.25, 0.3) is 0 Å². The second kappa shape index (κ2) is 12.5. The maximum atomic E-state index is 13.1. The van der Waals surface area contributed by atoms with E-state index in [4.69, 9.17) is 19.4 Å². The Kier molecular flexibility index (Phi) is 9.67. The molecule has 0 spiro atoms. The number of fused-ring (bicyclic) bond motifs is 1. The van der Waals surface area contributed by atoms with E-state index < -0.39 is 17.6 Å². The van der Waals surface area contributed by atoms with Crippen LogP contribution in [0.5, 0.6) is 5.75 Å². The molecular formula is C28H32F3NO6. The number of benzene rings is 2. The number of ketones is 2. The van der Waals surface area contributed by atoms with E-state index in [2.05, 4.69) is 24.4 Å². The minimum Gasteiger partial charge on any atom is -0.491 e. The number of aliphatic carboxylic acids is 1. The van der Waals surface area contributed by atoms with Crippen LogP contribution in [0.1, 0.15) is 71.4 Å². The number of morpholine rings is 1. The maximum absolute atomic E-state index is 13.1. The van der Waals surface area contributed by atoms with Gasteiger partial charge < -0.3 is 19.9 Å². The molecule has 2 atom stereocenters. The largest absolute Gasteiger partial charge is 0.491 e. The number of hydrogen-bond acceptors (Lipinski definition) is 6. The van der Waals surface area contributed by atoms with E-state index in [-0.39, 0.29) is 17.7 Å². The van der Waals surface area contributed by atoms with Crippen molar-refractivity contribution in [3.8, 4) is 5.75 Å². The van der Waals surface area contributed by atoms with E-state index in [1.807, 2.05) is 31.2 Å². The quantitative estimate of drug-likeness (QED) is 0.461. The number of carbonyl (C=O) groups is 3. The Balaban J connectivity index is 0.000000505. The molecule has 0 radical (unpaired) electrons. The summed E-state index contributed by atoms with van der Waals surface area (Å²) < 4.78 is 43.5. The molecule has 1 saturated heterocycles. The lowest BCUT2D eigenvalue weighted by Gasteiger charge is -2.24. The normalized spacial score (nSPS) is 20.5. The van der Waals surface area contributed by atoms with Gasteiger partial charge in [0.1, 0.15) is 12.4 Å². The van der Waals surface area contributed by atoms with Crippen LogP contribution in [0.4, 0.5) is 13.2 Å². The number of hydrogen-bond donors (Lipinski definition) is 2. The summed E-state index contributed by atoms with van der Waals surface area (Å²) in [7, 11) is 0. The standard InChI is InChI=1S/C26H31NO4.C2HF3O2/c1-3-23(28)21-14-18(24(29)11-7-10-20-16-27-12-13-30-20)15-22-25(21)31-17-26(22,2)19-8-5-4-6-9-19;3-2(4,5)1(6)7/h4-6,8-9,14-15,20,27H,3,7,10-13,16-17H2,1-2H3;(H,6,7)/t20-,26?;/m0./s1. The van der Waals surface area contributed by atoms with Gasteiger partial charge in [-0.15, -0.1) is 0 Å². The Bertz CT molecular complexity index is 1150. The second-order valence-electron chi connectivity index (χ2n) is 9.48. The molecule has 0 amide bonds. The fraction of sp³-hybridized carbons (Fsp3) is 0.464. The van der Waals surface area contributed by atoms with Crippen molar-refractivity contribution in [1.29, 1.82) is 0 Å². The molecule has 7 nitrogen and oxygen atoms in total. The molecule has 206 valence electrons. The first kappa shape index (κ1) is 29.3. The molecular weight excluding hydrogens is 503 g/mol. The summed E-state index contributed by atoms with van der Waals surface area (Å²) in [5.74, 6) is -2.05. The molecule has 2 N–H and O–H groups in total. The summed E-state index contributed by atoms with van der Waals surface area (Å²) in [5.41, 5.74) is 2.79. The summed E-state index contributed by atoms with van der Waals surface area (Å²) in [4.78, 5) is 34.7. The molecule has 2 aliphatic rings. The highest BCUT2D eigenvalue weighted by atomic mass is 19.4. The lowest BCUT2D eigenvalue weighted by molar-refractivity contribution is -0.192. The monoisotopic (exact) mass is 535 g/mol. The first-order valence-electron chi connectivity index (χ1n) is 12.5. The summed E-state index contributed by atoms with van der Waals surface area (Å²) in [6.45, 7) is 6.88. The lowest BCUT2D eigenvalue weighted by atomic mass is 9.76. The van der Waals surface area contributed by atoms with Crippen molar-refractivity contribution in [2.45, 2.75) is 57.2 Å². The van der Waals surface area contributed by atoms with E-state index in [1.54, 1.807) is 6.07 Å². The minimum absolute atomic E-state index is 0.00453. The van der Waals surface area contributed by atoms with Crippen molar-refractivity contribution in [3.63, 3.8) is 0 Å². The minimum atomic E-state index is -5.08. The zero-order valence-corrected chi connectivity index (χ0v) is 21.4. The van der Waals surface area contributed by atoms with Gasteiger partial charge in [-0.2, -0.15) is 13.2 Å². The van der Waals surface area contributed by atoms with Gasteiger partial charge in [-0.1, -0.05) is 37.3 Å². The number of ether oxygens (including phenoxy) is 2. The summed E-state index contributed by atoms with van der Waals surface area (Å²) in [6.07, 6.45) is -2.46. The molecule has 2 aromatic rings. The second-order valence-corrected chi connectivity index (χ2v) is 9.48. The first-order valence-corrected chi connectivity index (χ1v) is 12.5. The maximum Gasteiger partial charge on any atom is 0.490 e. The third kappa shape index (κ3) is 6.99. The van der Waals surface area contributed by atoms with Crippen molar-refractivity contribution >= 4 is 17.5 Å². The number of alkyl halides is 3. The predicted molar refractivity (Wildman–Crippen MR) is 134 cm³/mol. The number of carboxylic acid groups (broad SMARTS) is 1. The molecule has 0 bridgehead atoms. The van der Waals surface area contributed by atoms with Gasteiger partial charge in [0.15, 0.2) is 11.6 Å². The topological polar surface area (TPSA) is 102 Å². The highest BCUT2D eigenvalue weighted by Crippen LogP contribution is 2.46. The van der Waals surface area contributed by atoms with Gasteiger partial charge in [-0.05, 0) is 37.5 Å². The Morgan fingerprint density at radius 3 is 2.39 bits per heavy atom. The zero-order valence-electron chi connectivity index (χ0n) is 21.4. The average Bonchev–Trinajstić information content (AvgIpc) is 3.26. The number of halogens is 3. The van der Waals surface area contributed by atoms with Crippen molar-refractivity contribution in [2.75, 3.05) is 26.3 Å². The lowest BCUT2D eigenvalue weighted by Crippen LogP contribution is -2.38. The van der Waals surface area contributed by atoms with Gasteiger partial charge in [0, 0.05) is 37.1 Å². The molecule has 2 aromatic carbocycles. The van der Waals surface area contributed by atoms with Crippen molar-refractivity contribution in [2.24, 2.45) is 0 Å². The van der Waals surface area contributed by atoms with E-state index >= 15 is 0 Å². The van der Waals surface area contributed by atoms with Gasteiger partial charge in [0.05, 0.1) is 23.7 Å².